The SMILES string of the molecule is O=C(CCCCCNC(=O)c1cnc(F)c(Cl)c1)NCCCCCC(=O)N[C@@H](CCC(=O)N[C@@H](CCCOCN(POCc1ccccc1)[C@@H](CCC(=O)OCc1ccccc1)C(=O)OCc1ccccc1)C(=O)OCc1ccccc1)C(=O)OCc1ccccc1. The number of aromatic nitrogens is 1. The topological polar surface area (TPSA) is 256 Å². The molecule has 1 aromatic heterocycles. The summed E-state index contributed by atoms with van der Waals surface area (Å²) in [6.07, 6.45) is 4.76. The summed E-state index contributed by atoms with van der Waals surface area (Å²) >= 11 is 5.72. The van der Waals surface area contributed by atoms with Gasteiger partial charge in [0.1, 0.15) is 51.3 Å². The van der Waals surface area contributed by atoms with E-state index in [9.17, 15) is 42.7 Å². The number of amides is 4. The molecule has 1 unspecified atom stereocenters. The number of nitrogens with zero attached hydrogens (tertiary/aromatic N) is 2. The molecule has 0 spiro atoms. The highest BCUT2D eigenvalue weighted by molar-refractivity contribution is 7.29. The molecule has 0 saturated heterocycles. The number of rotatable bonds is 43. The van der Waals surface area contributed by atoms with Crippen LogP contribution < -0.4 is 21.3 Å². The lowest BCUT2D eigenvalue weighted by Crippen LogP contribution is -2.45. The van der Waals surface area contributed by atoms with E-state index in [1.54, 1.807) is 53.2 Å². The fourth-order valence-corrected chi connectivity index (χ4v) is 10.2. The summed E-state index contributed by atoms with van der Waals surface area (Å²) in [7, 11) is -0.422. The van der Waals surface area contributed by atoms with E-state index in [0.717, 1.165) is 28.5 Å². The van der Waals surface area contributed by atoms with Gasteiger partial charge in [-0.2, -0.15) is 4.39 Å². The lowest BCUT2D eigenvalue weighted by Gasteiger charge is -2.29. The summed E-state index contributed by atoms with van der Waals surface area (Å²) in [4.78, 5) is 110. The van der Waals surface area contributed by atoms with E-state index in [2.05, 4.69) is 26.3 Å². The molecule has 490 valence electrons. The molecule has 1 heterocycles. The van der Waals surface area contributed by atoms with Crippen molar-refractivity contribution < 1.29 is 71.0 Å². The number of carbonyl (C=O) groups is 8. The number of esters is 4. The monoisotopic (exact) mass is 1300 g/mol. The molecule has 0 saturated carbocycles. The molecule has 5 aromatic carbocycles. The molecule has 4 atom stereocenters. The van der Waals surface area contributed by atoms with Crippen LogP contribution in [-0.4, -0.2) is 102 Å². The Morgan fingerprint density at radius 1 is 0.489 bits per heavy atom. The molecule has 20 nitrogen and oxygen atoms in total. The van der Waals surface area contributed by atoms with Crippen LogP contribution >= 0.6 is 20.6 Å². The van der Waals surface area contributed by atoms with Gasteiger partial charge in [-0.15, -0.1) is 0 Å². The van der Waals surface area contributed by atoms with Gasteiger partial charge in [0, 0.05) is 51.6 Å². The summed E-state index contributed by atoms with van der Waals surface area (Å²) in [5, 5.41) is 10.9. The third-order valence-electron chi connectivity index (χ3n) is 14.2. The molecule has 0 fully saturated rings. The Morgan fingerprint density at radius 3 is 1.47 bits per heavy atom. The Bertz CT molecular complexity index is 3200. The van der Waals surface area contributed by atoms with Gasteiger partial charge in [0.15, 0.2) is 0 Å². The van der Waals surface area contributed by atoms with Crippen molar-refractivity contribution in [1.82, 2.24) is 30.9 Å². The lowest BCUT2D eigenvalue weighted by atomic mass is 10.1. The van der Waals surface area contributed by atoms with Gasteiger partial charge < -0.3 is 49.5 Å². The van der Waals surface area contributed by atoms with E-state index in [0.29, 0.717) is 63.6 Å². The number of halogens is 2. The van der Waals surface area contributed by atoms with Crippen LogP contribution in [0.15, 0.2) is 164 Å². The fraction of sp³-hybridized carbons (Fsp3) is 0.377. The molecular weight excluding hydrogens is 1220 g/mol. The molecule has 4 amide bonds. The van der Waals surface area contributed by atoms with Crippen molar-refractivity contribution in [2.75, 3.05) is 26.4 Å². The van der Waals surface area contributed by atoms with Crippen LogP contribution in [0.4, 0.5) is 4.39 Å². The van der Waals surface area contributed by atoms with Gasteiger partial charge in [-0.25, -0.2) is 19.2 Å². The number of unbranched alkanes of at least 4 members (excludes halogenated alkanes) is 4. The average molecular weight is 1300 g/mol. The largest absolute Gasteiger partial charge is 0.461 e. The molecular formula is C69H81ClFN6O14P. The van der Waals surface area contributed by atoms with Gasteiger partial charge in [0.05, 0.1) is 26.2 Å². The second-order valence-electron chi connectivity index (χ2n) is 21.5. The zero-order valence-electron chi connectivity index (χ0n) is 51.4. The second-order valence-corrected chi connectivity index (χ2v) is 23.0. The Labute approximate surface area is 543 Å². The van der Waals surface area contributed by atoms with E-state index >= 15 is 0 Å². The van der Waals surface area contributed by atoms with Gasteiger partial charge in [-0.3, -0.25) is 28.8 Å². The predicted molar refractivity (Wildman–Crippen MR) is 344 cm³/mol. The van der Waals surface area contributed by atoms with Crippen molar-refractivity contribution in [3.8, 4) is 0 Å². The van der Waals surface area contributed by atoms with Gasteiger partial charge >= 0.3 is 23.9 Å². The van der Waals surface area contributed by atoms with Crippen molar-refractivity contribution in [1.29, 1.82) is 0 Å². The molecule has 0 radical (unpaired) electrons. The van der Waals surface area contributed by atoms with Crippen LogP contribution in [-0.2, 0) is 94.8 Å². The molecule has 0 bridgehead atoms. The van der Waals surface area contributed by atoms with E-state index in [4.69, 9.17) is 39.8 Å². The van der Waals surface area contributed by atoms with Crippen molar-refractivity contribution in [2.24, 2.45) is 0 Å². The smallest absolute Gasteiger partial charge is 0.328 e. The lowest BCUT2D eigenvalue weighted by molar-refractivity contribution is -0.153. The Balaban J connectivity index is 1.01. The summed E-state index contributed by atoms with van der Waals surface area (Å²) in [5.41, 5.74) is 4.06. The summed E-state index contributed by atoms with van der Waals surface area (Å²) in [6, 6.07) is 43.8. The summed E-state index contributed by atoms with van der Waals surface area (Å²) in [5.74, 6) is -5.01. The average Bonchev–Trinajstić information content (AvgIpc) is 1.95. The standard InChI is InChI=1S/C69H81ClFN6O14P/c70-57-43-56(44-74-65(57)71)66(82)73-41-21-6-18-34-61(78)72-40-20-7-19-35-62(79)76-59(68(84)89-47-53-27-12-3-13-28-53)36-38-63(80)75-58(67(83)88-46-52-25-10-2-11-26-52)33-22-42-86-50-77(92-91-49-55-31-16-5-17-32-55)60(69(85)90-48-54-29-14-4-15-30-54)37-39-64(81)87-45-51-23-8-1-9-24-51/h1-5,8-17,23-32,43-44,58-60,92H,6-7,18-22,33-42,45-50H2,(H,72,78)(H,73,82)(H,75,80)(H,76,79)/t58-,59-,60-/m0/s1. The van der Waals surface area contributed by atoms with Crippen LogP contribution in [0.3, 0.4) is 0 Å². The quantitative estimate of drug-likeness (QED) is 0.00693. The molecule has 23 heteroatoms. The number of ether oxygens (including phenoxy) is 5. The first-order chi connectivity index (χ1) is 44.8. The first-order valence-corrected chi connectivity index (χ1v) is 32.0. The van der Waals surface area contributed by atoms with Crippen LogP contribution in [0, 0.1) is 5.95 Å². The number of hydrogen-bond acceptors (Lipinski definition) is 16. The number of nitrogens with one attached hydrogen (secondary N) is 4. The third kappa shape index (κ3) is 29.2. The molecule has 6 aromatic rings. The summed E-state index contributed by atoms with van der Waals surface area (Å²) < 4.78 is 50.1. The predicted octanol–water partition coefficient (Wildman–Crippen LogP) is 10.5. The highest BCUT2D eigenvalue weighted by atomic mass is 35.5. The van der Waals surface area contributed by atoms with Gasteiger partial charge in [-0.1, -0.05) is 176 Å². The van der Waals surface area contributed by atoms with Crippen LogP contribution in [0.1, 0.15) is 128 Å². The second kappa shape index (κ2) is 42.6. The number of benzene rings is 5. The van der Waals surface area contributed by atoms with Gasteiger partial charge in [0.25, 0.3) is 5.91 Å². The normalized spacial score (nSPS) is 12.1. The Kier molecular flexibility index (Phi) is 33.6. The fourth-order valence-electron chi connectivity index (χ4n) is 9.10. The van der Waals surface area contributed by atoms with Crippen LogP contribution in [0.25, 0.3) is 0 Å². The first kappa shape index (κ1) is 72.6. The zero-order chi connectivity index (χ0) is 65.4. The summed E-state index contributed by atoms with van der Waals surface area (Å²) in [6.45, 7) is 0.781. The maximum absolute atomic E-state index is 14.1. The highest BCUT2D eigenvalue weighted by Crippen LogP contribution is 2.28. The first-order valence-electron chi connectivity index (χ1n) is 30.8. The number of carbonyl (C=O) groups excluding carboxylic acids is 8. The van der Waals surface area contributed by atoms with Crippen molar-refractivity contribution in [2.45, 2.75) is 141 Å². The zero-order valence-corrected chi connectivity index (χ0v) is 53.2. The van der Waals surface area contributed by atoms with E-state index in [1.807, 2.05) is 103 Å². The Morgan fingerprint density at radius 2 is 0.946 bits per heavy atom. The minimum absolute atomic E-state index is 0.0133. The van der Waals surface area contributed by atoms with Crippen LogP contribution in [0.2, 0.25) is 5.02 Å². The molecule has 6 rings (SSSR count). The molecule has 0 aliphatic rings. The minimum Gasteiger partial charge on any atom is -0.461 e. The number of pyridine rings is 1. The minimum atomic E-state index is -1.21. The van der Waals surface area contributed by atoms with E-state index in [-0.39, 0.29) is 108 Å². The van der Waals surface area contributed by atoms with Crippen molar-refractivity contribution in [3.63, 3.8) is 0 Å². The maximum Gasteiger partial charge on any atom is 0.328 e. The maximum atomic E-state index is 14.1. The van der Waals surface area contributed by atoms with E-state index in [1.165, 1.54) is 6.07 Å². The third-order valence-corrected chi connectivity index (χ3v) is 15.4. The molecule has 4 N–H and O–H groups in total. The van der Waals surface area contributed by atoms with Crippen LogP contribution in [0.5, 0.6) is 0 Å². The molecule has 0 aliphatic carbocycles. The van der Waals surface area contributed by atoms with Crippen molar-refractivity contribution in [3.05, 3.63) is 208 Å². The van der Waals surface area contributed by atoms with E-state index < -0.39 is 74.6 Å². The van der Waals surface area contributed by atoms with Crippen molar-refractivity contribution >= 4 is 68.1 Å². The van der Waals surface area contributed by atoms with Gasteiger partial charge in [-0.05, 0) is 85.3 Å². The number of hydrogen-bond donors (Lipinski definition) is 4. The van der Waals surface area contributed by atoms with Gasteiger partial charge in [0.2, 0.25) is 23.7 Å². The Hall–Kier alpha value is -8.46. The molecule has 0 aliphatic heterocycles. The molecule has 92 heavy (non-hydrogen) atoms. The highest BCUT2D eigenvalue weighted by Gasteiger charge is 2.31.